The Bertz CT molecular complexity index is 1090. The number of thiazole rings is 1. The summed E-state index contributed by atoms with van der Waals surface area (Å²) in [7, 11) is 0. The van der Waals surface area contributed by atoms with Crippen LogP contribution in [0.25, 0.3) is 11.3 Å². The van der Waals surface area contributed by atoms with Crippen LogP contribution in [-0.4, -0.2) is 32.8 Å². The Labute approximate surface area is 168 Å². The Morgan fingerprint density at radius 2 is 1.89 bits per heavy atom. The molecule has 2 aromatic carbocycles. The van der Waals surface area contributed by atoms with Crippen LogP contribution in [0, 0.1) is 0 Å². The summed E-state index contributed by atoms with van der Waals surface area (Å²) < 4.78 is 1.58. The molecule has 1 heterocycles. The predicted octanol–water partition coefficient (Wildman–Crippen LogP) is 4.44. The minimum atomic E-state index is -0.606. The fourth-order valence-corrected chi connectivity index (χ4v) is 3.62. The highest BCUT2D eigenvalue weighted by Gasteiger charge is 2.13. The molecule has 0 aliphatic rings. The maximum Gasteiger partial charge on any atom is 0.206 e. The van der Waals surface area contributed by atoms with Crippen molar-refractivity contribution in [2.45, 2.75) is 6.92 Å². The first kappa shape index (κ1) is 19.3. The van der Waals surface area contributed by atoms with Crippen LogP contribution in [0.15, 0.2) is 45.8 Å². The van der Waals surface area contributed by atoms with Crippen molar-refractivity contribution in [3.8, 4) is 28.5 Å². The average Bonchev–Trinajstić information content (AvgIpc) is 3.04. The Balaban J connectivity index is 2.15. The van der Waals surface area contributed by atoms with E-state index in [0.29, 0.717) is 32.6 Å². The topological polar surface area (TPSA) is 90.3 Å². The van der Waals surface area contributed by atoms with Gasteiger partial charge in [-0.2, -0.15) is 5.10 Å². The van der Waals surface area contributed by atoms with Gasteiger partial charge in [-0.15, -0.1) is 11.3 Å². The zero-order valence-electron chi connectivity index (χ0n) is 14.1. The monoisotopic (exact) mass is 423 g/mol. The van der Waals surface area contributed by atoms with Crippen molar-refractivity contribution in [2.24, 2.45) is 10.1 Å². The molecule has 0 unspecified atom stereocenters. The zero-order valence-corrected chi connectivity index (χ0v) is 16.4. The largest absolute Gasteiger partial charge is 0.504 e. The Kier molecular flexibility index (Phi) is 5.74. The molecule has 0 saturated carbocycles. The van der Waals surface area contributed by atoms with E-state index in [4.69, 9.17) is 23.2 Å². The van der Waals surface area contributed by atoms with Crippen molar-refractivity contribution < 1.29 is 15.3 Å². The summed E-state index contributed by atoms with van der Waals surface area (Å²) in [5.74, 6) is -1.49. The lowest BCUT2D eigenvalue weighted by atomic mass is 10.2. The molecule has 1 aromatic heterocycles. The van der Waals surface area contributed by atoms with Gasteiger partial charge in [0.1, 0.15) is 0 Å². The van der Waals surface area contributed by atoms with Gasteiger partial charge in [-0.3, -0.25) is 4.99 Å². The second-order valence-corrected chi connectivity index (χ2v) is 7.11. The second kappa shape index (κ2) is 8.04. The quantitative estimate of drug-likeness (QED) is 0.427. The van der Waals surface area contributed by atoms with Gasteiger partial charge < -0.3 is 15.3 Å². The van der Waals surface area contributed by atoms with E-state index < -0.39 is 17.2 Å². The summed E-state index contributed by atoms with van der Waals surface area (Å²) in [6.45, 7) is 2.47. The van der Waals surface area contributed by atoms with Gasteiger partial charge in [0, 0.05) is 28.1 Å². The third kappa shape index (κ3) is 3.95. The first-order chi connectivity index (χ1) is 12.9. The fourth-order valence-electron chi connectivity index (χ4n) is 2.34. The molecule has 0 fully saturated rings. The van der Waals surface area contributed by atoms with Crippen molar-refractivity contribution in [3.63, 3.8) is 0 Å². The van der Waals surface area contributed by atoms with Gasteiger partial charge in [-0.1, -0.05) is 23.2 Å². The molecule has 0 radical (unpaired) electrons. The molecule has 0 spiro atoms. The van der Waals surface area contributed by atoms with E-state index >= 15 is 0 Å². The van der Waals surface area contributed by atoms with Crippen LogP contribution in [0.5, 0.6) is 17.2 Å². The normalized spacial score (nSPS) is 12.2. The highest BCUT2D eigenvalue weighted by molar-refractivity contribution is 7.07. The maximum atomic E-state index is 9.98. The Morgan fingerprint density at radius 3 is 2.63 bits per heavy atom. The molecular formula is C18H15Cl2N3O3S. The molecule has 0 atom stereocenters. The van der Waals surface area contributed by atoms with E-state index in [1.807, 2.05) is 12.3 Å². The Hall–Kier alpha value is -2.48. The minimum Gasteiger partial charge on any atom is -0.504 e. The standard InChI is InChI=1S/C18H15Cl2N3O3S/c1-2-21-18-23(22-8-10-3-6-15(24)17(26)16(10)25)14(9-27-18)12-7-11(19)4-5-13(12)20/h3-9,24-26H,2H2,1H3. The summed E-state index contributed by atoms with van der Waals surface area (Å²) in [5, 5.41) is 36.4. The highest BCUT2D eigenvalue weighted by atomic mass is 35.5. The Morgan fingerprint density at radius 1 is 1.11 bits per heavy atom. The molecule has 27 heavy (non-hydrogen) atoms. The van der Waals surface area contributed by atoms with Crippen molar-refractivity contribution in [1.29, 1.82) is 0 Å². The van der Waals surface area contributed by atoms with Crippen molar-refractivity contribution in [1.82, 2.24) is 4.68 Å². The van der Waals surface area contributed by atoms with Gasteiger partial charge in [0.15, 0.2) is 11.5 Å². The van der Waals surface area contributed by atoms with Crippen LogP contribution in [0.4, 0.5) is 0 Å². The van der Waals surface area contributed by atoms with E-state index in [0.717, 1.165) is 0 Å². The number of rotatable bonds is 4. The number of nitrogens with zero attached hydrogens (tertiary/aromatic N) is 3. The first-order valence-electron chi connectivity index (χ1n) is 7.87. The van der Waals surface area contributed by atoms with Gasteiger partial charge in [0.25, 0.3) is 0 Å². The number of benzene rings is 2. The summed E-state index contributed by atoms with van der Waals surface area (Å²) in [5.41, 5.74) is 1.60. The molecule has 3 rings (SSSR count). The molecule has 0 aliphatic carbocycles. The summed E-state index contributed by atoms with van der Waals surface area (Å²) in [6, 6.07) is 7.83. The molecule has 140 valence electrons. The maximum absolute atomic E-state index is 9.98. The SMILES string of the molecule is CCN=c1scc(-c2cc(Cl)ccc2Cl)n1N=Cc1ccc(O)c(O)c1O. The molecule has 0 saturated heterocycles. The smallest absolute Gasteiger partial charge is 0.206 e. The lowest BCUT2D eigenvalue weighted by Crippen LogP contribution is -2.12. The average molecular weight is 424 g/mol. The minimum absolute atomic E-state index is 0.231. The number of phenols is 3. The molecule has 9 heteroatoms. The number of halogens is 2. The number of hydrogen-bond donors (Lipinski definition) is 3. The van der Waals surface area contributed by atoms with Crippen LogP contribution in [0.2, 0.25) is 10.0 Å². The van der Waals surface area contributed by atoms with E-state index in [2.05, 4.69) is 10.1 Å². The van der Waals surface area contributed by atoms with Crippen molar-refractivity contribution in [2.75, 3.05) is 6.54 Å². The van der Waals surface area contributed by atoms with E-state index in [9.17, 15) is 15.3 Å². The summed E-state index contributed by atoms with van der Waals surface area (Å²) in [4.78, 5) is 5.04. The number of hydrogen-bond acceptors (Lipinski definition) is 6. The molecule has 6 nitrogen and oxygen atoms in total. The van der Waals surface area contributed by atoms with Crippen LogP contribution in [0.3, 0.4) is 0 Å². The predicted molar refractivity (Wildman–Crippen MR) is 108 cm³/mol. The number of aromatic hydroxyl groups is 3. The van der Waals surface area contributed by atoms with Crippen LogP contribution in [0.1, 0.15) is 12.5 Å². The summed E-state index contributed by atoms with van der Waals surface area (Å²) >= 11 is 13.8. The molecule has 3 N–H and O–H groups in total. The first-order valence-corrected chi connectivity index (χ1v) is 9.50. The van der Waals surface area contributed by atoms with Crippen LogP contribution < -0.4 is 4.80 Å². The zero-order chi connectivity index (χ0) is 19.6. The third-order valence-corrected chi connectivity index (χ3v) is 5.08. The van der Waals surface area contributed by atoms with Crippen molar-refractivity contribution >= 4 is 40.8 Å². The molecule has 0 amide bonds. The third-order valence-electron chi connectivity index (χ3n) is 3.66. The number of phenolic OH excluding ortho intramolecular Hbond substituents is 3. The van der Waals surface area contributed by atoms with Gasteiger partial charge >= 0.3 is 0 Å². The second-order valence-electron chi connectivity index (χ2n) is 5.43. The van der Waals surface area contributed by atoms with E-state index in [-0.39, 0.29) is 5.56 Å². The molecule has 3 aromatic rings. The van der Waals surface area contributed by atoms with Gasteiger partial charge in [0.05, 0.1) is 16.9 Å². The van der Waals surface area contributed by atoms with Gasteiger partial charge in [0.2, 0.25) is 10.6 Å². The van der Waals surface area contributed by atoms with Crippen LogP contribution in [-0.2, 0) is 0 Å². The lowest BCUT2D eigenvalue weighted by molar-refractivity contribution is 0.367. The highest BCUT2D eigenvalue weighted by Crippen LogP contribution is 2.36. The molecular weight excluding hydrogens is 409 g/mol. The fraction of sp³-hybridized carbons (Fsp3) is 0.111. The van der Waals surface area contributed by atoms with Gasteiger partial charge in [-0.05, 0) is 37.3 Å². The van der Waals surface area contributed by atoms with Crippen molar-refractivity contribution in [3.05, 3.63) is 56.1 Å². The summed E-state index contributed by atoms with van der Waals surface area (Å²) in [6.07, 6.45) is 1.36. The molecule has 0 bridgehead atoms. The number of aromatic nitrogens is 1. The molecule has 0 aliphatic heterocycles. The van der Waals surface area contributed by atoms with E-state index in [1.165, 1.54) is 29.7 Å². The van der Waals surface area contributed by atoms with Crippen LogP contribution >= 0.6 is 34.5 Å². The van der Waals surface area contributed by atoms with Gasteiger partial charge in [-0.25, -0.2) is 4.68 Å². The van der Waals surface area contributed by atoms with E-state index in [1.54, 1.807) is 22.9 Å². The lowest BCUT2D eigenvalue weighted by Gasteiger charge is -2.07.